The number of hydrogen-bond donors (Lipinski definition) is 2. The van der Waals surface area contributed by atoms with Gasteiger partial charge >= 0.3 is 0 Å². The van der Waals surface area contributed by atoms with Crippen LogP contribution in [0.3, 0.4) is 0 Å². The van der Waals surface area contributed by atoms with Crippen LogP contribution < -0.4 is 10.1 Å². The summed E-state index contributed by atoms with van der Waals surface area (Å²) in [7, 11) is 0. The number of anilines is 1. The fraction of sp³-hybridized carbons (Fsp3) is 0.600. The maximum Gasteiger partial charge on any atom is 0.226 e. The van der Waals surface area contributed by atoms with Gasteiger partial charge in [0.1, 0.15) is 0 Å². The molecule has 0 radical (unpaired) electrons. The van der Waals surface area contributed by atoms with E-state index in [-0.39, 0.29) is 0 Å². The Labute approximate surface area is 89.5 Å². The maximum atomic E-state index is 9.08. The lowest BCUT2D eigenvalue weighted by Gasteiger charge is -2.08. The van der Waals surface area contributed by atoms with Crippen molar-refractivity contribution in [3.8, 4) is 5.88 Å². The van der Waals surface area contributed by atoms with Gasteiger partial charge in [0, 0.05) is 18.8 Å². The van der Waals surface area contributed by atoms with E-state index in [4.69, 9.17) is 9.84 Å². The van der Waals surface area contributed by atoms with E-state index in [2.05, 4.69) is 15.3 Å². The highest BCUT2D eigenvalue weighted by molar-refractivity contribution is 5.27. The Bertz CT molecular complexity index is 292. The standard InChI is InChI=1S/C10H17N3O2/c1-3-6-15-9-4-5-11-10(13-9)12-7-8(2)14/h4-5,8,14H,3,6-7H2,1-2H3,(H,11,12,13). The molecule has 84 valence electrons. The number of aliphatic hydroxyl groups excluding tert-OH is 1. The molecular weight excluding hydrogens is 194 g/mol. The van der Waals surface area contributed by atoms with Crippen molar-refractivity contribution in [1.29, 1.82) is 0 Å². The smallest absolute Gasteiger partial charge is 0.226 e. The number of hydrogen-bond acceptors (Lipinski definition) is 5. The summed E-state index contributed by atoms with van der Waals surface area (Å²) in [6.07, 6.45) is 2.15. The Morgan fingerprint density at radius 2 is 2.40 bits per heavy atom. The Kier molecular flexibility index (Phi) is 4.83. The Balaban J connectivity index is 2.50. The van der Waals surface area contributed by atoms with Crippen molar-refractivity contribution in [3.05, 3.63) is 12.3 Å². The first-order valence-electron chi connectivity index (χ1n) is 5.10. The van der Waals surface area contributed by atoms with Gasteiger partial charge in [0.25, 0.3) is 0 Å². The van der Waals surface area contributed by atoms with Gasteiger partial charge in [-0.2, -0.15) is 4.98 Å². The van der Waals surface area contributed by atoms with Crippen LogP contribution in [0.1, 0.15) is 20.3 Å². The second-order valence-electron chi connectivity index (χ2n) is 3.30. The maximum absolute atomic E-state index is 9.08. The predicted octanol–water partition coefficient (Wildman–Crippen LogP) is 1.06. The van der Waals surface area contributed by atoms with Crippen molar-refractivity contribution >= 4 is 5.95 Å². The number of aliphatic hydroxyl groups is 1. The summed E-state index contributed by atoms with van der Waals surface area (Å²) in [4.78, 5) is 8.13. The first kappa shape index (κ1) is 11.7. The van der Waals surface area contributed by atoms with Crippen LogP contribution in [-0.4, -0.2) is 34.3 Å². The van der Waals surface area contributed by atoms with E-state index in [0.29, 0.717) is 25.0 Å². The molecule has 0 amide bonds. The predicted molar refractivity (Wildman–Crippen MR) is 58.0 cm³/mol. The van der Waals surface area contributed by atoms with Gasteiger partial charge in [0.05, 0.1) is 12.7 Å². The average molecular weight is 211 g/mol. The molecule has 0 aliphatic rings. The molecule has 0 spiro atoms. The molecule has 1 aromatic heterocycles. The Hall–Kier alpha value is -1.36. The fourth-order valence-corrected chi connectivity index (χ4v) is 0.953. The summed E-state index contributed by atoms with van der Waals surface area (Å²) < 4.78 is 5.35. The second-order valence-corrected chi connectivity index (χ2v) is 3.30. The van der Waals surface area contributed by atoms with Crippen LogP contribution in [0.15, 0.2) is 12.3 Å². The van der Waals surface area contributed by atoms with E-state index in [1.165, 1.54) is 0 Å². The minimum absolute atomic E-state index is 0.422. The van der Waals surface area contributed by atoms with E-state index in [0.717, 1.165) is 6.42 Å². The van der Waals surface area contributed by atoms with Crippen LogP contribution in [0, 0.1) is 0 Å². The number of rotatable bonds is 6. The Morgan fingerprint density at radius 1 is 1.60 bits per heavy atom. The van der Waals surface area contributed by atoms with Crippen molar-refractivity contribution in [2.24, 2.45) is 0 Å². The molecular formula is C10H17N3O2. The number of aromatic nitrogens is 2. The van der Waals surface area contributed by atoms with Crippen LogP contribution >= 0.6 is 0 Å². The van der Waals surface area contributed by atoms with Crippen LogP contribution in [0.25, 0.3) is 0 Å². The zero-order valence-electron chi connectivity index (χ0n) is 9.10. The molecule has 1 unspecified atom stereocenters. The highest BCUT2D eigenvalue weighted by atomic mass is 16.5. The Morgan fingerprint density at radius 3 is 3.07 bits per heavy atom. The summed E-state index contributed by atoms with van der Waals surface area (Å²) in [5, 5.41) is 12.0. The lowest BCUT2D eigenvalue weighted by molar-refractivity contribution is 0.208. The van der Waals surface area contributed by atoms with E-state index >= 15 is 0 Å². The van der Waals surface area contributed by atoms with Crippen LogP contribution in [0.4, 0.5) is 5.95 Å². The van der Waals surface area contributed by atoms with Gasteiger partial charge in [-0.1, -0.05) is 6.92 Å². The second kappa shape index (κ2) is 6.19. The summed E-state index contributed by atoms with van der Waals surface area (Å²) in [6, 6.07) is 1.71. The third kappa shape index (κ3) is 4.60. The molecule has 2 N–H and O–H groups in total. The molecule has 1 atom stereocenters. The molecule has 1 aromatic rings. The molecule has 0 fully saturated rings. The van der Waals surface area contributed by atoms with Gasteiger partial charge in [0.2, 0.25) is 11.8 Å². The average Bonchev–Trinajstić information content (AvgIpc) is 2.24. The molecule has 0 aliphatic heterocycles. The molecule has 1 heterocycles. The minimum atomic E-state index is -0.422. The zero-order chi connectivity index (χ0) is 11.1. The molecule has 0 saturated heterocycles. The molecule has 0 aliphatic carbocycles. The molecule has 0 bridgehead atoms. The van der Waals surface area contributed by atoms with Gasteiger partial charge in [0.15, 0.2) is 0 Å². The monoisotopic (exact) mass is 211 g/mol. The lowest BCUT2D eigenvalue weighted by Crippen LogP contribution is -2.17. The molecule has 15 heavy (non-hydrogen) atoms. The van der Waals surface area contributed by atoms with E-state index in [1.807, 2.05) is 6.92 Å². The zero-order valence-corrected chi connectivity index (χ0v) is 9.10. The highest BCUT2D eigenvalue weighted by Gasteiger charge is 2.00. The first-order chi connectivity index (χ1) is 7.22. The summed E-state index contributed by atoms with van der Waals surface area (Å²) in [6.45, 7) is 4.81. The fourth-order valence-electron chi connectivity index (χ4n) is 0.953. The van der Waals surface area contributed by atoms with Gasteiger partial charge in [-0.05, 0) is 13.3 Å². The van der Waals surface area contributed by atoms with Crippen molar-refractivity contribution in [3.63, 3.8) is 0 Å². The van der Waals surface area contributed by atoms with Crippen molar-refractivity contribution in [2.75, 3.05) is 18.5 Å². The normalized spacial score (nSPS) is 12.2. The largest absolute Gasteiger partial charge is 0.478 e. The van der Waals surface area contributed by atoms with Gasteiger partial charge in [-0.25, -0.2) is 4.98 Å². The number of nitrogens with one attached hydrogen (secondary N) is 1. The first-order valence-corrected chi connectivity index (χ1v) is 5.10. The van der Waals surface area contributed by atoms with Gasteiger partial charge in [-0.3, -0.25) is 0 Å². The molecule has 5 nitrogen and oxygen atoms in total. The minimum Gasteiger partial charge on any atom is -0.478 e. The van der Waals surface area contributed by atoms with Crippen LogP contribution in [-0.2, 0) is 0 Å². The van der Waals surface area contributed by atoms with E-state index in [1.54, 1.807) is 19.2 Å². The van der Waals surface area contributed by atoms with Gasteiger partial charge in [-0.15, -0.1) is 0 Å². The van der Waals surface area contributed by atoms with Crippen LogP contribution in [0.5, 0.6) is 5.88 Å². The van der Waals surface area contributed by atoms with Gasteiger partial charge < -0.3 is 15.2 Å². The highest BCUT2D eigenvalue weighted by Crippen LogP contribution is 2.08. The third-order valence-corrected chi connectivity index (χ3v) is 1.64. The lowest BCUT2D eigenvalue weighted by atomic mass is 10.4. The third-order valence-electron chi connectivity index (χ3n) is 1.64. The molecule has 0 saturated carbocycles. The summed E-state index contributed by atoms with van der Waals surface area (Å²) in [5.74, 6) is 1.03. The van der Waals surface area contributed by atoms with Crippen molar-refractivity contribution in [2.45, 2.75) is 26.4 Å². The molecule has 0 aromatic carbocycles. The summed E-state index contributed by atoms with van der Waals surface area (Å²) >= 11 is 0. The number of ether oxygens (including phenoxy) is 1. The van der Waals surface area contributed by atoms with Crippen LogP contribution in [0.2, 0.25) is 0 Å². The van der Waals surface area contributed by atoms with E-state index < -0.39 is 6.10 Å². The molecule has 1 rings (SSSR count). The SMILES string of the molecule is CCCOc1ccnc(NCC(C)O)n1. The number of nitrogens with zero attached hydrogens (tertiary/aromatic N) is 2. The quantitative estimate of drug-likeness (QED) is 0.736. The van der Waals surface area contributed by atoms with E-state index in [9.17, 15) is 0 Å². The van der Waals surface area contributed by atoms with Crippen molar-refractivity contribution in [1.82, 2.24) is 9.97 Å². The van der Waals surface area contributed by atoms with Crippen molar-refractivity contribution < 1.29 is 9.84 Å². The topological polar surface area (TPSA) is 67.3 Å². The summed E-state index contributed by atoms with van der Waals surface area (Å²) in [5.41, 5.74) is 0. The molecule has 5 heteroatoms.